The Kier molecular flexibility index (Phi) is 4.19. The molecule has 1 N–H and O–H groups in total. The fourth-order valence-electron chi connectivity index (χ4n) is 1.03. The van der Waals surface area contributed by atoms with E-state index in [1.54, 1.807) is 6.07 Å². The Morgan fingerprint density at radius 2 is 2.31 bits per heavy atom. The third-order valence-electron chi connectivity index (χ3n) is 1.66. The van der Waals surface area contributed by atoms with E-state index in [0.29, 0.717) is 10.6 Å². The molecular weight excluding hydrogens is 255 g/mol. The van der Waals surface area contributed by atoms with E-state index in [2.05, 4.69) is 15.9 Å². The van der Waals surface area contributed by atoms with Gasteiger partial charge in [-0.05, 0) is 22.0 Å². The van der Waals surface area contributed by atoms with Crippen LogP contribution in [-0.4, -0.2) is 18.8 Å². The van der Waals surface area contributed by atoms with Gasteiger partial charge in [0.05, 0.1) is 11.6 Å². The number of hydrogen-bond acceptors (Lipinski definition) is 2. The summed E-state index contributed by atoms with van der Waals surface area (Å²) in [5, 5.41) is 10.1. The van der Waals surface area contributed by atoms with Crippen LogP contribution in [0, 0.1) is 0 Å². The summed E-state index contributed by atoms with van der Waals surface area (Å²) in [5.74, 6) is 0. The highest BCUT2D eigenvalue weighted by Crippen LogP contribution is 2.30. The van der Waals surface area contributed by atoms with Gasteiger partial charge in [0.25, 0.3) is 0 Å². The smallest absolute Gasteiger partial charge is 0.104 e. The highest BCUT2D eigenvalue weighted by atomic mass is 79.9. The topological polar surface area (TPSA) is 29.5 Å². The Morgan fingerprint density at radius 3 is 2.92 bits per heavy atom. The number of halogens is 2. The lowest BCUT2D eigenvalue weighted by Gasteiger charge is -2.12. The van der Waals surface area contributed by atoms with Crippen LogP contribution in [0.1, 0.15) is 11.7 Å². The summed E-state index contributed by atoms with van der Waals surface area (Å²) in [5.41, 5.74) is 0.679. The zero-order valence-corrected chi connectivity index (χ0v) is 9.47. The second-order valence-electron chi connectivity index (χ2n) is 2.61. The molecule has 0 saturated carbocycles. The molecule has 0 bridgehead atoms. The van der Waals surface area contributed by atoms with Crippen molar-refractivity contribution in [3.63, 3.8) is 0 Å². The van der Waals surface area contributed by atoms with E-state index in [9.17, 15) is 5.11 Å². The number of benzene rings is 1. The first-order chi connectivity index (χ1) is 6.16. The van der Waals surface area contributed by atoms with E-state index >= 15 is 0 Å². The van der Waals surface area contributed by atoms with E-state index in [4.69, 9.17) is 16.3 Å². The van der Waals surface area contributed by atoms with Crippen molar-refractivity contribution in [2.75, 3.05) is 13.7 Å². The summed E-state index contributed by atoms with van der Waals surface area (Å²) in [6, 6.07) is 5.42. The molecule has 72 valence electrons. The Morgan fingerprint density at radius 1 is 1.62 bits per heavy atom. The monoisotopic (exact) mass is 264 g/mol. The minimum Gasteiger partial charge on any atom is -0.386 e. The molecule has 1 atom stereocenters. The second-order valence-corrected chi connectivity index (χ2v) is 3.85. The van der Waals surface area contributed by atoms with Gasteiger partial charge in [0.2, 0.25) is 0 Å². The molecule has 0 aliphatic heterocycles. The zero-order valence-electron chi connectivity index (χ0n) is 7.13. The average Bonchev–Trinajstić information content (AvgIpc) is 2.10. The maximum absolute atomic E-state index is 9.60. The lowest BCUT2D eigenvalue weighted by molar-refractivity contribution is 0.0644. The van der Waals surface area contributed by atoms with Crippen molar-refractivity contribution in [1.29, 1.82) is 0 Å². The molecule has 2 nitrogen and oxygen atoms in total. The maximum atomic E-state index is 9.60. The molecule has 0 spiro atoms. The molecule has 13 heavy (non-hydrogen) atoms. The average molecular weight is 266 g/mol. The van der Waals surface area contributed by atoms with Crippen LogP contribution in [0.3, 0.4) is 0 Å². The molecule has 0 amide bonds. The number of methoxy groups -OCH3 is 1. The number of aliphatic hydroxyl groups is 1. The van der Waals surface area contributed by atoms with E-state index in [1.165, 1.54) is 7.11 Å². The van der Waals surface area contributed by atoms with Crippen LogP contribution in [0.5, 0.6) is 0 Å². The molecule has 0 saturated heterocycles. The first-order valence-electron chi connectivity index (χ1n) is 3.77. The van der Waals surface area contributed by atoms with Crippen molar-refractivity contribution in [2.24, 2.45) is 0 Å². The summed E-state index contributed by atoms with van der Waals surface area (Å²) >= 11 is 9.24. The van der Waals surface area contributed by atoms with Gasteiger partial charge in [0, 0.05) is 17.1 Å². The Bertz CT molecular complexity index is 291. The van der Waals surface area contributed by atoms with Gasteiger partial charge in [0.15, 0.2) is 0 Å². The molecule has 0 fully saturated rings. The van der Waals surface area contributed by atoms with Gasteiger partial charge in [-0.1, -0.05) is 23.7 Å². The molecule has 1 unspecified atom stereocenters. The summed E-state index contributed by atoms with van der Waals surface area (Å²) in [6.45, 7) is 0.246. The summed E-state index contributed by atoms with van der Waals surface area (Å²) in [6.07, 6.45) is -0.671. The van der Waals surface area contributed by atoms with Crippen LogP contribution in [-0.2, 0) is 4.74 Å². The van der Waals surface area contributed by atoms with Crippen LogP contribution in [0.15, 0.2) is 22.7 Å². The van der Waals surface area contributed by atoms with Crippen LogP contribution in [0.4, 0.5) is 0 Å². The quantitative estimate of drug-likeness (QED) is 0.911. The lowest BCUT2D eigenvalue weighted by Crippen LogP contribution is -2.05. The molecule has 0 aliphatic carbocycles. The van der Waals surface area contributed by atoms with Gasteiger partial charge in [-0.3, -0.25) is 0 Å². The molecule has 0 aromatic heterocycles. The summed E-state index contributed by atoms with van der Waals surface area (Å²) in [7, 11) is 1.54. The normalized spacial score (nSPS) is 12.9. The summed E-state index contributed by atoms with van der Waals surface area (Å²) < 4.78 is 5.61. The lowest BCUT2D eigenvalue weighted by atomic mass is 10.1. The van der Waals surface area contributed by atoms with E-state index in [1.807, 2.05) is 12.1 Å². The van der Waals surface area contributed by atoms with Gasteiger partial charge in [-0.2, -0.15) is 0 Å². The first kappa shape index (κ1) is 11.0. The molecule has 0 radical (unpaired) electrons. The highest BCUT2D eigenvalue weighted by Gasteiger charge is 2.12. The van der Waals surface area contributed by atoms with Gasteiger partial charge in [-0.15, -0.1) is 0 Å². The largest absolute Gasteiger partial charge is 0.386 e. The molecule has 4 heteroatoms. The Labute approximate surface area is 90.6 Å². The van der Waals surface area contributed by atoms with Gasteiger partial charge < -0.3 is 9.84 Å². The van der Waals surface area contributed by atoms with Crippen molar-refractivity contribution in [1.82, 2.24) is 0 Å². The van der Waals surface area contributed by atoms with Gasteiger partial charge in [-0.25, -0.2) is 0 Å². The van der Waals surface area contributed by atoms with E-state index in [0.717, 1.165) is 4.47 Å². The van der Waals surface area contributed by atoms with Gasteiger partial charge in [0.1, 0.15) is 6.10 Å². The maximum Gasteiger partial charge on any atom is 0.104 e. The number of ether oxygens (including phenoxy) is 1. The van der Waals surface area contributed by atoms with Crippen LogP contribution < -0.4 is 0 Å². The molecule has 1 aromatic carbocycles. The fraction of sp³-hybridized carbons (Fsp3) is 0.333. The van der Waals surface area contributed by atoms with Crippen LogP contribution >= 0.6 is 27.5 Å². The van der Waals surface area contributed by atoms with Gasteiger partial charge >= 0.3 is 0 Å². The number of aliphatic hydroxyl groups excluding tert-OH is 1. The SMILES string of the molecule is COCC(O)c1cccc(Br)c1Cl. The molecule has 1 rings (SSSR count). The third-order valence-corrected chi connectivity index (χ3v) is 2.98. The predicted molar refractivity (Wildman–Crippen MR) is 56.0 cm³/mol. The number of hydrogen-bond donors (Lipinski definition) is 1. The predicted octanol–water partition coefficient (Wildman–Crippen LogP) is 2.78. The molecule has 0 heterocycles. The molecule has 1 aromatic rings. The molecular formula is C9H10BrClO2. The number of rotatable bonds is 3. The Balaban J connectivity index is 2.93. The third kappa shape index (κ3) is 2.68. The standard InChI is InChI=1S/C9H10BrClO2/c1-13-5-8(12)6-3-2-4-7(10)9(6)11/h2-4,8,12H,5H2,1H3. The minimum absolute atomic E-state index is 0.246. The van der Waals surface area contributed by atoms with Crippen molar-refractivity contribution >= 4 is 27.5 Å². The second kappa shape index (κ2) is 4.96. The van der Waals surface area contributed by atoms with Crippen LogP contribution in [0.2, 0.25) is 5.02 Å². The van der Waals surface area contributed by atoms with Crippen molar-refractivity contribution in [2.45, 2.75) is 6.10 Å². The highest BCUT2D eigenvalue weighted by molar-refractivity contribution is 9.10. The van der Waals surface area contributed by atoms with Crippen molar-refractivity contribution < 1.29 is 9.84 Å². The van der Waals surface area contributed by atoms with E-state index < -0.39 is 6.10 Å². The first-order valence-corrected chi connectivity index (χ1v) is 4.94. The van der Waals surface area contributed by atoms with Crippen molar-refractivity contribution in [3.05, 3.63) is 33.3 Å². The minimum atomic E-state index is -0.671. The van der Waals surface area contributed by atoms with Crippen molar-refractivity contribution in [3.8, 4) is 0 Å². The zero-order chi connectivity index (χ0) is 9.84. The fourth-order valence-corrected chi connectivity index (χ4v) is 1.66. The van der Waals surface area contributed by atoms with E-state index in [-0.39, 0.29) is 6.61 Å². The Hall–Kier alpha value is -0.0900. The summed E-state index contributed by atoms with van der Waals surface area (Å²) in [4.78, 5) is 0. The van der Waals surface area contributed by atoms with Crippen LogP contribution in [0.25, 0.3) is 0 Å². The molecule has 0 aliphatic rings.